The second-order valence-corrected chi connectivity index (χ2v) is 12.5. The van der Waals surface area contributed by atoms with Gasteiger partial charge >= 0.3 is 5.97 Å². The predicted molar refractivity (Wildman–Crippen MR) is 192 cm³/mol. The van der Waals surface area contributed by atoms with Crippen molar-refractivity contribution in [3.05, 3.63) is 88.5 Å². The number of carboxylic acids is 1. The van der Waals surface area contributed by atoms with Gasteiger partial charge < -0.3 is 25.3 Å². The van der Waals surface area contributed by atoms with Gasteiger partial charge in [-0.2, -0.15) is 0 Å². The van der Waals surface area contributed by atoms with E-state index in [0.717, 1.165) is 95.9 Å². The Labute approximate surface area is 275 Å². The van der Waals surface area contributed by atoms with Crippen LogP contribution in [0.3, 0.4) is 0 Å². The molecule has 4 N–H and O–H groups in total. The summed E-state index contributed by atoms with van der Waals surface area (Å²) >= 11 is 0. The Balaban J connectivity index is 1.79. The van der Waals surface area contributed by atoms with E-state index in [2.05, 4.69) is 41.4 Å². The summed E-state index contributed by atoms with van der Waals surface area (Å²) in [6, 6.07) is 8.10. The van der Waals surface area contributed by atoms with Gasteiger partial charge in [-0.15, -0.1) is 0 Å². The number of amides is 1. The van der Waals surface area contributed by atoms with Gasteiger partial charge in [0.25, 0.3) is 0 Å². The number of H-pyrrole nitrogens is 2. The molecule has 5 rings (SSSR count). The van der Waals surface area contributed by atoms with Crippen molar-refractivity contribution in [2.24, 2.45) is 0 Å². The van der Waals surface area contributed by atoms with E-state index in [1.54, 1.807) is 0 Å². The molecule has 5 heterocycles. The van der Waals surface area contributed by atoms with Gasteiger partial charge in [-0.05, 0) is 112 Å². The Hall–Kier alpha value is -5.02. The molecule has 47 heavy (non-hydrogen) atoms. The van der Waals surface area contributed by atoms with Crippen molar-refractivity contribution >= 4 is 62.3 Å². The van der Waals surface area contributed by atoms with Crippen LogP contribution in [-0.4, -0.2) is 69.0 Å². The summed E-state index contributed by atoms with van der Waals surface area (Å²) in [6.45, 7) is 17.7. The van der Waals surface area contributed by atoms with E-state index in [1.807, 2.05) is 70.1 Å². The number of rotatable bonds is 11. The Morgan fingerprint density at radius 2 is 1.43 bits per heavy atom. The Morgan fingerprint density at radius 3 is 2.11 bits per heavy atom. The molecular weight excluding hydrogens is 588 g/mol. The number of carbonyl (C=O) groups excluding carboxylic acids is 1. The molecule has 2 aliphatic heterocycles. The van der Waals surface area contributed by atoms with Crippen LogP contribution in [0.15, 0.2) is 43.5 Å². The number of carbonyl (C=O) groups is 2. The number of carboxylic acid groups (broad SMARTS) is 1. The topological polar surface area (TPSA) is 127 Å². The molecule has 2 aliphatic rings. The lowest BCUT2D eigenvalue weighted by Gasteiger charge is -2.10. The van der Waals surface area contributed by atoms with E-state index in [-0.39, 0.29) is 12.3 Å². The fraction of sp³-hybridized carbons (Fsp3) is 0.316. The molecule has 1 amide bonds. The minimum atomic E-state index is -0.859. The minimum absolute atomic E-state index is 0.00392. The first-order valence-electron chi connectivity index (χ1n) is 16.0. The zero-order valence-electron chi connectivity index (χ0n) is 28.2. The molecule has 0 unspecified atom stereocenters. The molecular formula is C38H44N6O3. The van der Waals surface area contributed by atoms with Crippen LogP contribution in [0.4, 0.5) is 0 Å². The highest BCUT2D eigenvalue weighted by molar-refractivity contribution is 5.98. The SMILES string of the molecule is C=CC1=C(C)c2cc3[nH]c(cc4nc(cc5[nH]c(cc1n2)c(C)c5CCC(=O)O)C(CCC(=O)NCCN(C)C)=C4C)c(C)c3C=C. The monoisotopic (exact) mass is 632 g/mol. The number of aromatic amines is 2. The van der Waals surface area contributed by atoms with Gasteiger partial charge in [0, 0.05) is 59.1 Å². The van der Waals surface area contributed by atoms with Gasteiger partial charge in [-0.25, -0.2) is 9.97 Å². The van der Waals surface area contributed by atoms with Gasteiger partial charge in [0.05, 0.1) is 22.8 Å². The highest BCUT2D eigenvalue weighted by Gasteiger charge is 2.21. The van der Waals surface area contributed by atoms with E-state index in [9.17, 15) is 14.7 Å². The Morgan fingerprint density at radius 1 is 0.809 bits per heavy atom. The van der Waals surface area contributed by atoms with Crippen LogP contribution in [0.2, 0.25) is 0 Å². The summed E-state index contributed by atoms with van der Waals surface area (Å²) in [5.41, 5.74) is 14.5. The summed E-state index contributed by atoms with van der Waals surface area (Å²) in [5.74, 6) is -0.870. The largest absolute Gasteiger partial charge is 0.481 e. The Bertz CT molecular complexity index is 2020. The van der Waals surface area contributed by atoms with Gasteiger partial charge in [0.15, 0.2) is 0 Å². The van der Waals surface area contributed by atoms with Crippen LogP contribution >= 0.6 is 0 Å². The minimum Gasteiger partial charge on any atom is -0.481 e. The number of aromatic nitrogens is 4. The number of hydrogen-bond donors (Lipinski definition) is 4. The number of nitrogens with zero attached hydrogens (tertiary/aromatic N) is 3. The molecule has 3 aromatic rings. The fourth-order valence-corrected chi connectivity index (χ4v) is 6.28. The molecule has 0 radical (unpaired) electrons. The second kappa shape index (κ2) is 13.8. The van der Waals surface area contributed by atoms with Crippen LogP contribution in [0.5, 0.6) is 0 Å². The molecule has 3 aromatic heterocycles. The van der Waals surface area contributed by atoms with E-state index in [1.165, 1.54) is 0 Å². The third kappa shape index (κ3) is 6.90. The lowest BCUT2D eigenvalue weighted by molar-refractivity contribution is -0.137. The van der Waals surface area contributed by atoms with Gasteiger partial charge in [-0.1, -0.05) is 25.3 Å². The molecule has 0 atom stereocenters. The summed E-state index contributed by atoms with van der Waals surface area (Å²) in [7, 11) is 3.95. The number of nitrogens with one attached hydrogen (secondary N) is 3. The molecule has 8 bridgehead atoms. The molecule has 9 heteroatoms. The third-order valence-corrected chi connectivity index (χ3v) is 9.12. The van der Waals surface area contributed by atoms with Crippen molar-refractivity contribution in [3.63, 3.8) is 0 Å². The van der Waals surface area contributed by atoms with Crippen molar-refractivity contribution in [1.82, 2.24) is 30.2 Å². The summed E-state index contributed by atoms with van der Waals surface area (Å²) < 4.78 is 0. The number of aryl methyl sites for hydroxylation is 3. The maximum Gasteiger partial charge on any atom is 0.303 e. The average molecular weight is 633 g/mol. The van der Waals surface area contributed by atoms with Gasteiger partial charge in [0.2, 0.25) is 5.91 Å². The molecule has 0 aliphatic carbocycles. The molecule has 9 nitrogen and oxygen atoms in total. The van der Waals surface area contributed by atoms with Crippen LogP contribution in [-0.2, 0) is 16.0 Å². The highest BCUT2D eigenvalue weighted by Crippen LogP contribution is 2.36. The fourth-order valence-electron chi connectivity index (χ4n) is 6.28. The lowest BCUT2D eigenvalue weighted by atomic mass is 10.00. The number of fused-ring (bicyclic) bond motifs is 8. The summed E-state index contributed by atoms with van der Waals surface area (Å²) in [4.78, 5) is 43.8. The van der Waals surface area contributed by atoms with Gasteiger partial charge in [-0.3, -0.25) is 9.59 Å². The maximum atomic E-state index is 12.8. The van der Waals surface area contributed by atoms with Crippen LogP contribution < -0.4 is 5.32 Å². The van der Waals surface area contributed by atoms with Crippen molar-refractivity contribution in [1.29, 1.82) is 0 Å². The van der Waals surface area contributed by atoms with Crippen molar-refractivity contribution in [2.45, 2.75) is 53.4 Å². The zero-order chi connectivity index (χ0) is 34.0. The molecule has 0 saturated carbocycles. The van der Waals surface area contributed by atoms with Crippen LogP contribution in [0.25, 0.3) is 50.4 Å². The van der Waals surface area contributed by atoms with E-state index < -0.39 is 5.97 Å². The van der Waals surface area contributed by atoms with Crippen molar-refractivity contribution in [2.75, 3.05) is 27.2 Å². The van der Waals surface area contributed by atoms with E-state index >= 15 is 0 Å². The average Bonchev–Trinajstić information content (AvgIpc) is 3.67. The first-order chi connectivity index (χ1) is 22.4. The summed E-state index contributed by atoms with van der Waals surface area (Å²) in [5, 5.41) is 12.6. The van der Waals surface area contributed by atoms with Crippen LogP contribution in [0, 0.1) is 13.8 Å². The number of allylic oxidation sites excluding steroid dienone is 5. The number of likely N-dealkylation sites (N-methyl/N-ethyl adjacent to an activating group) is 1. The maximum absolute atomic E-state index is 12.8. The van der Waals surface area contributed by atoms with Crippen LogP contribution in [0.1, 0.15) is 78.1 Å². The second-order valence-electron chi connectivity index (χ2n) is 12.5. The first kappa shape index (κ1) is 33.3. The third-order valence-electron chi connectivity index (χ3n) is 9.12. The van der Waals surface area contributed by atoms with E-state index in [0.29, 0.717) is 25.8 Å². The Kier molecular flexibility index (Phi) is 9.77. The number of aliphatic carboxylic acids is 1. The molecule has 244 valence electrons. The molecule has 0 aromatic carbocycles. The molecule has 0 spiro atoms. The standard InChI is InChI=1S/C38H44N6O3/c1-9-25-21(3)29-17-30-23(5)27(11-13-37(45)39-15-16-44(7)8)35(42-30)20-36-28(12-14-38(46)47)24(6)32(43-36)19-34-26(10-2)22(4)31(41-34)18-33(25)40-29/h9-10,17-20,40,43H,1-2,11-16H2,3-8H3,(H,39,45)(H,46,47). The van der Waals surface area contributed by atoms with Crippen molar-refractivity contribution < 1.29 is 14.7 Å². The summed E-state index contributed by atoms with van der Waals surface area (Å²) in [6.07, 6.45) is 4.87. The van der Waals surface area contributed by atoms with Gasteiger partial charge in [0.1, 0.15) is 0 Å². The first-order valence-corrected chi connectivity index (χ1v) is 16.0. The predicted octanol–water partition coefficient (Wildman–Crippen LogP) is 7.10. The molecule has 0 saturated heterocycles. The zero-order valence-corrected chi connectivity index (χ0v) is 28.2. The van der Waals surface area contributed by atoms with Crippen molar-refractivity contribution in [3.8, 4) is 0 Å². The highest BCUT2D eigenvalue weighted by atomic mass is 16.4. The normalized spacial score (nSPS) is 13.0. The van der Waals surface area contributed by atoms with E-state index in [4.69, 9.17) is 9.97 Å². The smallest absolute Gasteiger partial charge is 0.303 e. The number of hydrogen-bond acceptors (Lipinski definition) is 5. The quantitative estimate of drug-likeness (QED) is 0.179. The molecule has 0 fully saturated rings. The lowest BCUT2D eigenvalue weighted by Crippen LogP contribution is -2.31.